The highest BCUT2D eigenvalue weighted by molar-refractivity contribution is 5.97. The lowest BCUT2D eigenvalue weighted by molar-refractivity contribution is -0.127. The van der Waals surface area contributed by atoms with Gasteiger partial charge in [-0.15, -0.1) is 0 Å². The van der Waals surface area contributed by atoms with Crippen LogP contribution in [0.5, 0.6) is 0 Å². The average Bonchev–Trinajstić information content (AvgIpc) is 3.18. The summed E-state index contributed by atoms with van der Waals surface area (Å²) in [5, 5.41) is 4.63. The summed E-state index contributed by atoms with van der Waals surface area (Å²) in [7, 11) is 1.72. The lowest BCUT2D eigenvalue weighted by Gasteiger charge is -2.24. The molecule has 1 aromatic heterocycles. The van der Waals surface area contributed by atoms with E-state index in [0.29, 0.717) is 12.0 Å². The van der Waals surface area contributed by atoms with Gasteiger partial charge in [-0.1, -0.05) is 30.3 Å². The van der Waals surface area contributed by atoms with Crippen LogP contribution in [-0.4, -0.2) is 34.4 Å². The Morgan fingerprint density at radius 2 is 1.80 bits per heavy atom. The number of rotatable bonds is 9. The van der Waals surface area contributed by atoms with Crippen LogP contribution < -0.4 is 10.6 Å². The number of para-hydroxylation sites is 1. The number of aryl methyl sites for hydroxylation is 1. The molecule has 0 spiro atoms. The molecule has 2 N–H and O–H groups in total. The third-order valence-corrected chi connectivity index (χ3v) is 6.77. The number of hydrogen-bond acceptors (Lipinski definition) is 4. The van der Waals surface area contributed by atoms with E-state index in [1.807, 2.05) is 48.0 Å². The molecule has 0 unspecified atom stereocenters. The van der Waals surface area contributed by atoms with Gasteiger partial charge in [0, 0.05) is 36.3 Å². The summed E-state index contributed by atoms with van der Waals surface area (Å²) < 4.78 is 1.84. The van der Waals surface area contributed by atoms with E-state index in [9.17, 15) is 14.4 Å². The van der Waals surface area contributed by atoms with Crippen LogP contribution in [0.2, 0.25) is 0 Å². The van der Waals surface area contributed by atoms with E-state index >= 15 is 0 Å². The van der Waals surface area contributed by atoms with Crippen molar-refractivity contribution in [2.75, 3.05) is 11.9 Å². The maximum Gasteiger partial charge on any atom is 0.248 e. The summed E-state index contributed by atoms with van der Waals surface area (Å²) in [6.45, 7) is 2.16. The second-order valence-corrected chi connectivity index (χ2v) is 9.32. The number of Topliss-reactive ketones (excluding diaryl/α,β-unsaturated/α-hetero) is 1. The van der Waals surface area contributed by atoms with E-state index < -0.39 is 11.8 Å². The highest BCUT2D eigenvalue weighted by atomic mass is 16.2. The van der Waals surface area contributed by atoms with E-state index in [-0.39, 0.29) is 24.7 Å². The third-order valence-electron chi connectivity index (χ3n) is 6.77. The first-order valence-corrected chi connectivity index (χ1v) is 12.1. The van der Waals surface area contributed by atoms with Crippen LogP contribution in [0, 0.1) is 12.8 Å². The number of carbonyl (C=O) groups is 3. The molecule has 2 aromatic carbocycles. The van der Waals surface area contributed by atoms with Crippen molar-refractivity contribution in [1.29, 1.82) is 0 Å². The summed E-state index contributed by atoms with van der Waals surface area (Å²) in [5.41, 5.74) is 10.8. The number of nitrogens with two attached hydrogens (primary N) is 1. The summed E-state index contributed by atoms with van der Waals surface area (Å²) >= 11 is 0. The molecular formula is C28H32N4O3. The smallest absolute Gasteiger partial charge is 0.248 e. The molecule has 1 aliphatic rings. The minimum atomic E-state index is -0.580. The fourth-order valence-corrected chi connectivity index (χ4v) is 4.94. The SMILES string of the molecule is Cc1nn(CC(=O)C[C@@H](Cc2cccc(C(N)=O)c2)C(=O)N(C)c2ccccc2)c2c1CCCC2. The van der Waals surface area contributed by atoms with Gasteiger partial charge < -0.3 is 10.6 Å². The molecule has 0 fully saturated rings. The number of ketones is 1. The van der Waals surface area contributed by atoms with E-state index in [1.165, 1.54) is 5.56 Å². The number of anilines is 1. The molecule has 0 radical (unpaired) electrons. The maximum absolute atomic E-state index is 13.6. The Morgan fingerprint density at radius 1 is 1.06 bits per heavy atom. The van der Waals surface area contributed by atoms with Crippen LogP contribution in [0.1, 0.15) is 52.1 Å². The van der Waals surface area contributed by atoms with Gasteiger partial charge in [-0.05, 0) is 74.4 Å². The van der Waals surface area contributed by atoms with E-state index in [2.05, 4.69) is 5.10 Å². The van der Waals surface area contributed by atoms with Gasteiger partial charge in [-0.2, -0.15) is 5.10 Å². The predicted octanol–water partition coefficient (Wildman–Crippen LogP) is 3.65. The highest BCUT2D eigenvalue weighted by Crippen LogP contribution is 2.25. The van der Waals surface area contributed by atoms with Gasteiger partial charge in [0.2, 0.25) is 11.8 Å². The third kappa shape index (κ3) is 5.67. The van der Waals surface area contributed by atoms with Crippen LogP contribution in [0.25, 0.3) is 0 Å². The van der Waals surface area contributed by atoms with Gasteiger partial charge in [0.25, 0.3) is 0 Å². The summed E-state index contributed by atoms with van der Waals surface area (Å²) in [5.74, 6) is -1.28. The number of aromatic nitrogens is 2. The second-order valence-electron chi connectivity index (χ2n) is 9.32. The standard InChI is InChI=1S/C28H32N4O3/c1-19-25-13-6-7-14-26(25)32(30-19)18-24(33)17-22(16-20-9-8-10-21(15-20)27(29)34)28(35)31(2)23-11-4-3-5-12-23/h3-5,8-12,15,22H,6-7,13-14,16-18H2,1-2H3,(H2,29,34)/t22-/m1/s1. The van der Waals surface area contributed by atoms with E-state index in [4.69, 9.17) is 5.73 Å². The molecule has 3 aromatic rings. The van der Waals surface area contributed by atoms with Crippen LogP contribution in [0.15, 0.2) is 54.6 Å². The van der Waals surface area contributed by atoms with E-state index in [0.717, 1.165) is 48.3 Å². The minimum Gasteiger partial charge on any atom is -0.366 e. The Hall–Kier alpha value is -3.74. The van der Waals surface area contributed by atoms with Crippen molar-refractivity contribution in [2.24, 2.45) is 11.7 Å². The highest BCUT2D eigenvalue weighted by Gasteiger charge is 2.27. The number of nitrogens with zero attached hydrogens (tertiary/aromatic N) is 3. The molecule has 1 aliphatic carbocycles. The number of hydrogen-bond donors (Lipinski definition) is 1. The van der Waals surface area contributed by atoms with Gasteiger partial charge in [0.15, 0.2) is 5.78 Å². The monoisotopic (exact) mass is 472 g/mol. The first-order chi connectivity index (χ1) is 16.8. The molecule has 4 rings (SSSR count). The molecule has 2 amide bonds. The van der Waals surface area contributed by atoms with Gasteiger partial charge in [-0.3, -0.25) is 19.1 Å². The zero-order valence-electron chi connectivity index (χ0n) is 20.4. The Kier molecular flexibility index (Phi) is 7.44. The topological polar surface area (TPSA) is 98.3 Å². The average molecular weight is 473 g/mol. The number of fused-ring (bicyclic) bond motifs is 1. The Balaban J connectivity index is 1.56. The minimum absolute atomic E-state index is 0.0354. The van der Waals surface area contributed by atoms with Crippen molar-refractivity contribution < 1.29 is 14.4 Å². The fraction of sp³-hybridized carbons (Fsp3) is 0.357. The zero-order chi connectivity index (χ0) is 24.9. The lowest BCUT2D eigenvalue weighted by atomic mass is 9.91. The van der Waals surface area contributed by atoms with Gasteiger partial charge in [0.05, 0.1) is 12.2 Å². The summed E-state index contributed by atoms with van der Waals surface area (Å²) in [6.07, 6.45) is 4.62. The quantitative estimate of drug-likeness (QED) is 0.514. The molecule has 0 aliphatic heterocycles. The molecule has 0 saturated heterocycles. The Morgan fingerprint density at radius 3 is 2.54 bits per heavy atom. The van der Waals surface area contributed by atoms with Crippen LogP contribution in [0.3, 0.4) is 0 Å². The number of benzene rings is 2. The van der Waals surface area contributed by atoms with Crippen LogP contribution >= 0.6 is 0 Å². The van der Waals surface area contributed by atoms with Crippen LogP contribution in [0.4, 0.5) is 5.69 Å². The van der Waals surface area contributed by atoms with Crippen molar-refractivity contribution in [1.82, 2.24) is 9.78 Å². The molecule has 1 atom stereocenters. The Bertz CT molecular complexity index is 1230. The van der Waals surface area contributed by atoms with Crippen molar-refractivity contribution in [3.63, 3.8) is 0 Å². The molecule has 0 saturated carbocycles. The van der Waals surface area contributed by atoms with Gasteiger partial charge in [0.1, 0.15) is 0 Å². The molecule has 7 nitrogen and oxygen atoms in total. The number of amides is 2. The molecule has 35 heavy (non-hydrogen) atoms. The first-order valence-electron chi connectivity index (χ1n) is 12.1. The fourth-order valence-electron chi connectivity index (χ4n) is 4.94. The van der Waals surface area contributed by atoms with Crippen LogP contribution in [-0.2, 0) is 35.4 Å². The zero-order valence-corrected chi connectivity index (χ0v) is 20.4. The maximum atomic E-state index is 13.6. The summed E-state index contributed by atoms with van der Waals surface area (Å²) in [4.78, 5) is 40.0. The largest absolute Gasteiger partial charge is 0.366 e. The van der Waals surface area contributed by atoms with Crippen molar-refractivity contribution in [3.8, 4) is 0 Å². The first kappa shape index (κ1) is 24.4. The number of primary amides is 1. The van der Waals surface area contributed by atoms with E-state index in [1.54, 1.807) is 30.1 Å². The second kappa shape index (κ2) is 10.7. The normalized spacial score (nSPS) is 13.7. The van der Waals surface area contributed by atoms with Crippen molar-refractivity contribution >= 4 is 23.3 Å². The predicted molar refractivity (Wildman–Crippen MR) is 135 cm³/mol. The Labute approximate surface area is 205 Å². The van der Waals surface area contributed by atoms with Gasteiger partial charge in [-0.25, -0.2) is 0 Å². The molecule has 0 bridgehead atoms. The summed E-state index contributed by atoms with van der Waals surface area (Å²) in [6, 6.07) is 16.3. The van der Waals surface area contributed by atoms with Gasteiger partial charge >= 0.3 is 0 Å². The molecule has 182 valence electrons. The molecular weight excluding hydrogens is 440 g/mol. The van der Waals surface area contributed by atoms with Crippen molar-refractivity contribution in [2.45, 2.75) is 52.0 Å². The molecule has 7 heteroatoms. The number of carbonyl (C=O) groups excluding carboxylic acids is 3. The van der Waals surface area contributed by atoms with Crippen molar-refractivity contribution in [3.05, 3.63) is 82.7 Å². The molecule has 1 heterocycles. The lowest BCUT2D eigenvalue weighted by Crippen LogP contribution is -2.35.